The maximum Gasteiger partial charge on any atom is 0.573 e. The molecule has 0 aromatic heterocycles. The second-order valence-corrected chi connectivity index (χ2v) is 4.31. The molecule has 4 nitrogen and oxygen atoms in total. The predicted octanol–water partition coefficient (Wildman–Crippen LogP) is 3.41. The number of nitrogens with zero attached hydrogens (tertiary/aromatic N) is 1. The van der Waals surface area contributed by atoms with E-state index in [9.17, 15) is 13.2 Å². The average molecular weight is 417 g/mol. The number of guanidine groups is 1. The van der Waals surface area contributed by atoms with Gasteiger partial charge in [-0.2, -0.15) is 0 Å². The summed E-state index contributed by atoms with van der Waals surface area (Å²) in [4.78, 5) is 4.01. The molecule has 0 aliphatic heterocycles. The maximum atomic E-state index is 12.2. The molecule has 1 aromatic carbocycles. The van der Waals surface area contributed by atoms with Gasteiger partial charge in [0.15, 0.2) is 5.96 Å². The topological polar surface area (TPSA) is 59.6 Å². The van der Waals surface area contributed by atoms with E-state index in [1.807, 2.05) is 13.8 Å². The van der Waals surface area contributed by atoms with Gasteiger partial charge in [0.25, 0.3) is 0 Å². The van der Waals surface area contributed by atoms with E-state index in [0.29, 0.717) is 5.56 Å². The van der Waals surface area contributed by atoms with Crippen molar-refractivity contribution >= 4 is 29.9 Å². The Morgan fingerprint density at radius 3 is 2.57 bits per heavy atom. The number of halogens is 4. The fourth-order valence-corrected chi connectivity index (χ4v) is 1.43. The summed E-state index contributed by atoms with van der Waals surface area (Å²) in [6, 6.07) is 6.00. The van der Waals surface area contributed by atoms with Crippen LogP contribution in [-0.2, 0) is 6.54 Å². The van der Waals surface area contributed by atoms with Crippen LogP contribution in [-0.4, -0.2) is 18.4 Å². The third-order valence-electron chi connectivity index (χ3n) is 2.62. The Kier molecular flexibility index (Phi) is 8.45. The molecule has 120 valence electrons. The summed E-state index contributed by atoms with van der Waals surface area (Å²) in [6.45, 7) is 3.93. The van der Waals surface area contributed by atoms with Crippen molar-refractivity contribution in [3.8, 4) is 5.75 Å². The van der Waals surface area contributed by atoms with E-state index < -0.39 is 6.36 Å². The monoisotopic (exact) mass is 417 g/mol. The molecule has 1 atom stereocenters. The smallest absolute Gasteiger partial charge is 0.405 e. The van der Waals surface area contributed by atoms with Crippen molar-refractivity contribution in [2.24, 2.45) is 10.7 Å². The zero-order valence-corrected chi connectivity index (χ0v) is 14.1. The van der Waals surface area contributed by atoms with Crippen molar-refractivity contribution < 1.29 is 17.9 Å². The molecule has 0 saturated heterocycles. The molecule has 21 heavy (non-hydrogen) atoms. The number of para-hydroxylation sites is 1. The van der Waals surface area contributed by atoms with Crippen LogP contribution in [0.3, 0.4) is 0 Å². The molecule has 0 bridgehead atoms. The summed E-state index contributed by atoms with van der Waals surface area (Å²) in [7, 11) is 0. The third-order valence-corrected chi connectivity index (χ3v) is 2.62. The molecule has 0 saturated carbocycles. The highest BCUT2D eigenvalue weighted by molar-refractivity contribution is 14.0. The largest absolute Gasteiger partial charge is 0.573 e. The number of hydrogen-bond donors (Lipinski definition) is 2. The normalized spacial score (nSPS) is 13.3. The lowest BCUT2D eigenvalue weighted by Gasteiger charge is -2.13. The minimum absolute atomic E-state index is 0. The minimum atomic E-state index is -4.72. The second-order valence-electron chi connectivity index (χ2n) is 4.31. The molecule has 0 aliphatic carbocycles. The number of ether oxygens (including phenoxy) is 1. The van der Waals surface area contributed by atoms with E-state index in [-0.39, 0.29) is 48.3 Å². The van der Waals surface area contributed by atoms with Gasteiger partial charge in [-0.25, -0.2) is 4.99 Å². The molecule has 1 aromatic rings. The molecule has 0 aliphatic rings. The summed E-state index contributed by atoms with van der Waals surface area (Å²) in [5, 5.41) is 2.93. The van der Waals surface area contributed by atoms with Crippen LogP contribution in [0.15, 0.2) is 29.3 Å². The predicted molar refractivity (Wildman–Crippen MR) is 86.8 cm³/mol. The van der Waals surface area contributed by atoms with Gasteiger partial charge < -0.3 is 15.8 Å². The number of rotatable bonds is 5. The van der Waals surface area contributed by atoms with Crippen LogP contribution >= 0.6 is 24.0 Å². The Labute approximate surface area is 139 Å². The van der Waals surface area contributed by atoms with E-state index in [1.165, 1.54) is 18.2 Å². The van der Waals surface area contributed by atoms with Crippen molar-refractivity contribution in [1.82, 2.24) is 5.32 Å². The van der Waals surface area contributed by atoms with Gasteiger partial charge in [-0.1, -0.05) is 25.1 Å². The fourth-order valence-electron chi connectivity index (χ4n) is 1.43. The minimum Gasteiger partial charge on any atom is -0.405 e. The summed E-state index contributed by atoms with van der Waals surface area (Å²) < 4.78 is 40.7. The lowest BCUT2D eigenvalue weighted by molar-refractivity contribution is -0.274. The summed E-state index contributed by atoms with van der Waals surface area (Å²) >= 11 is 0. The van der Waals surface area contributed by atoms with E-state index in [0.717, 1.165) is 6.42 Å². The van der Waals surface area contributed by atoms with Crippen LogP contribution in [0.25, 0.3) is 0 Å². The second kappa shape index (κ2) is 8.96. The van der Waals surface area contributed by atoms with Gasteiger partial charge in [0.1, 0.15) is 5.75 Å². The van der Waals surface area contributed by atoms with Crippen molar-refractivity contribution in [2.75, 3.05) is 0 Å². The number of aliphatic imine (C=N–C) groups is 1. The first-order valence-electron chi connectivity index (χ1n) is 6.22. The number of benzene rings is 1. The molecule has 0 radical (unpaired) electrons. The molecule has 0 fully saturated rings. The maximum absolute atomic E-state index is 12.2. The van der Waals surface area contributed by atoms with Gasteiger partial charge >= 0.3 is 6.36 Å². The summed E-state index contributed by atoms with van der Waals surface area (Å²) in [5.41, 5.74) is 5.97. The molecular formula is C13H19F3IN3O. The molecule has 0 amide bonds. The van der Waals surface area contributed by atoms with E-state index >= 15 is 0 Å². The molecule has 3 N–H and O–H groups in total. The number of nitrogens with two attached hydrogens (primary N) is 1. The zero-order valence-electron chi connectivity index (χ0n) is 11.8. The first-order chi connectivity index (χ1) is 9.31. The molecule has 8 heteroatoms. The molecular weight excluding hydrogens is 398 g/mol. The SMILES string of the molecule is CCC(C)NC(N)=NCc1ccccc1OC(F)(F)F.I. The quantitative estimate of drug-likeness (QED) is 0.439. The lowest BCUT2D eigenvalue weighted by Crippen LogP contribution is -2.38. The fraction of sp³-hybridized carbons (Fsp3) is 0.462. The van der Waals surface area contributed by atoms with Crippen LogP contribution in [0.4, 0.5) is 13.2 Å². The first-order valence-corrected chi connectivity index (χ1v) is 6.22. The molecule has 1 rings (SSSR count). The van der Waals surface area contributed by atoms with Crippen LogP contribution in [0.5, 0.6) is 5.75 Å². The number of hydrogen-bond acceptors (Lipinski definition) is 2. The van der Waals surface area contributed by atoms with Crippen LogP contribution < -0.4 is 15.8 Å². The highest BCUT2D eigenvalue weighted by Gasteiger charge is 2.31. The number of nitrogens with one attached hydrogen (secondary N) is 1. The number of alkyl halides is 3. The van der Waals surface area contributed by atoms with E-state index in [1.54, 1.807) is 6.07 Å². The Morgan fingerprint density at radius 1 is 1.38 bits per heavy atom. The van der Waals surface area contributed by atoms with E-state index in [2.05, 4.69) is 15.0 Å². The van der Waals surface area contributed by atoms with Gasteiger partial charge in [0, 0.05) is 11.6 Å². The van der Waals surface area contributed by atoms with Gasteiger partial charge in [-0.05, 0) is 19.4 Å². The molecule has 0 spiro atoms. The average Bonchev–Trinajstić information content (AvgIpc) is 2.35. The van der Waals surface area contributed by atoms with Crippen LogP contribution in [0.1, 0.15) is 25.8 Å². The van der Waals surface area contributed by atoms with Crippen molar-refractivity contribution in [1.29, 1.82) is 0 Å². The van der Waals surface area contributed by atoms with Crippen LogP contribution in [0, 0.1) is 0 Å². The van der Waals surface area contributed by atoms with Gasteiger partial charge in [-0.15, -0.1) is 37.1 Å². The van der Waals surface area contributed by atoms with Gasteiger partial charge in [0.2, 0.25) is 0 Å². The highest BCUT2D eigenvalue weighted by atomic mass is 127. The Balaban J connectivity index is 0.00000400. The lowest BCUT2D eigenvalue weighted by atomic mass is 10.2. The first kappa shape index (κ1) is 19.8. The zero-order chi connectivity index (χ0) is 15.2. The van der Waals surface area contributed by atoms with Gasteiger partial charge in [-0.3, -0.25) is 0 Å². The Morgan fingerprint density at radius 2 is 2.00 bits per heavy atom. The molecule has 0 heterocycles. The highest BCUT2D eigenvalue weighted by Crippen LogP contribution is 2.26. The standard InChI is InChI=1S/C13H18F3N3O.HI/c1-3-9(2)19-12(17)18-8-10-6-4-5-7-11(10)20-13(14,15)16;/h4-7,9H,3,8H2,1-2H3,(H3,17,18,19);1H. The Hall–Kier alpha value is -1.19. The van der Waals surface area contributed by atoms with Gasteiger partial charge in [0.05, 0.1) is 6.54 Å². The van der Waals surface area contributed by atoms with Crippen molar-refractivity contribution in [3.05, 3.63) is 29.8 Å². The summed E-state index contributed by atoms with van der Waals surface area (Å²) in [5.74, 6) is -0.0683. The summed E-state index contributed by atoms with van der Waals surface area (Å²) in [6.07, 6.45) is -3.86. The molecule has 1 unspecified atom stereocenters. The van der Waals surface area contributed by atoms with Crippen LogP contribution in [0.2, 0.25) is 0 Å². The Bertz CT molecular complexity index is 466. The van der Waals surface area contributed by atoms with E-state index in [4.69, 9.17) is 5.73 Å². The van der Waals surface area contributed by atoms with Crippen molar-refractivity contribution in [3.63, 3.8) is 0 Å². The van der Waals surface area contributed by atoms with Crippen molar-refractivity contribution in [2.45, 2.75) is 39.2 Å². The third kappa shape index (κ3) is 7.98.